The summed E-state index contributed by atoms with van der Waals surface area (Å²) in [5.41, 5.74) is 8.07. The number of unbranched alkanes of at least 4 members (excludes halogenated alkanes) is 5. The zero-order chi connectivity index (χ0) is 49.6. The molecule has 4 aliphatic heterocycles. The van der Waals surface area contributed by atoms with E-state index >= 15 is 0 Å². The highest BCUT2D eigenvalue weighted by molar-refractivity contribution is 7.15. The van der Waals surface area contributed by atoms with Crippen molar-refractivity contribution in [2.24, 2.45) is 4.99 Å². The lowest BCUT2D eigenvalue weighted by Crippen LogP contribution is -2.52. The molecule has 0 radical (unpaired) electrons. The normalized spacial score (nSPS) is 18.2. The van der Waals surface area contributed by atoms with Crippen molar-refractivity contribution in [1.29, 1.82) is 0 Å². The second kappa shape index (κ2) is 22.4. The van der Waals surface area contributed by atoms with Crippen LogP contribution in [0.3, 0.4) is 0 Å². The van der Waals surface area contributed by atoms with Gasteiger partial charge in [-0.25, -0.2) is 0 Å². The Kier molecular flexibility index (Phi) is 15.7. The molecule has 0 bridgehead atoms. The van der Waals surface area contributed by atoms with Gasteiger partial charge in [0.15, 0.2) is 5.82 Å². The van der Waals surface area contributed by atoms with Crippen LogP contribution in [0.4, 0.5) is 5.69 Å². The predicted molar refractivity (Wildman–Crippen MR) is 273 cm³/mol. The molecule has 0 saturated carbocycles. The summed E-state index contributed by atoms with van der Waals surface area (Å²) in [5.74, 6) is 0.366. The van der Waals surface area contributed by atoms with Gasteiger partial charge in [-0.05, 0) is 81.0 Å². The number of carbonyl (C=O) groups excluding carboxylic acids is 5. The lowest BCUT2D eigenvalue weighted by molar-refractivity contribution is -0.137. The number of imide groups is 1. The fraction of sp³-hybridized carbons (Fsp3) is 0.434. The van der Waals surface area contributed by atoms with Gasteiger partial charge in [0.25, 0.3) is 5.91 Å². The van der Waals surface area contributed by atoms with E-state index in [2.05, 4.69) is 54.8 Å². The Morgan fingerprint density at radius 1 is 0.887 bits per heavy atom. The molecule has 3 atom stereocenters. The molecule has 9 rings (SSSR count). The van der Waals surface area contributed by atoms with E-state index in [0.29, 0.717) is 68.8 Å². The summed E-state index contributed by atoms with van der Waals surface area (Å²) in [6.07, 6.45) is 6.47. The summed E-state index contributed by atoms with van der Waals surface area (Å²) in [7, 11) is 0. The zero-order valence-corrected chi connectivity index (χ0v) is 42.1. The van der Waals surface area contributed by atoms with E-state index < -0.39 is 24.0 Å². The third-order valence-electron chi connectivity index (χ3n) is 14.0. The largest absolute Gasteiger partial charge is 0.381 e. The van der Waals surface area contributed by atoms with Crippen LogP contribution in [-0.4, -0.2) is 105 Å². The number of morpholine rings is 1. The monoisotopic (exact) mass is 1000 g/mol. The number of aryl methyl sites for hydroxylation is 2. The van der Waals surface area contributed by atoms with E-state index in [9.17, 15) is 24.0 Å². The first kappa shape index (κ1) is 49.7. The van der Waals surface area contributed by atoms with Crippen molar-refractivity contribution in [2.45, 2.75) is 110 Å². The Morgan fingerprint density at radius 3 is 2.34 bits per heavy atom. The molecule has 3 aromatic carbocycles. The van der Waals surface area contributed by atoms with E-state index in [-0.39, 0.29) is 43.0 Å². The van der Waals surface area contributed by atoms with E-state index in [4.69, 9.17) is 21.3 Å². The number of nitrogens with one attached hydrogen (secondary N) is 4. The third kappa shape index (κ3) is 11.1. The first-order valence-corrected chi connectivity index (χ1v) is 26.0. The van der Waals surface area contributed by atoms with Gasteiger partial charge in [-0.15, -0.1) is 21.5 Å². The van der Waals surface area contributed by atoms with Crippen LogP contribution in [0.25, 0.3) is 5.00 Å². The standard InChI is InChI=1S/C53H61ClN10O6S/c1-32-33(2)71-53-46(32)47(36-17-19-38(54)20-18-36)58-42(49-61-60-34(3)64(49)53)29-45(66)55-23-8-6-4-5-7-9-24-56-51(68)48(62-25-27-70-28-26-62)37-15-13-35(14-16-37)30-57-41-12-10-11-39-40(41)31-63(52(39)69)43-21-22-44(65)59-50(43)67/h10-20,42-43,48,57H,4-9,21-31H2,1-3H3,(H,55,66)(H,56,68)(H,59,65,67). The SMILES string of the molecule is Cc1sc2c(c1C)C(c1ccc(Cl)cc1)=NC(CC(=O)NCCCCCCCCNC(=O)C(c1ccc(CNc3cccc4c3CN(C3CCC(=O)NC3=O)C4=O)cc1)N1CCOCC1)c1nnc(C)n1-2. The molecular formula is C53H61ClN10O6S. The number of ether oxygens (including phenoxy) is 1. The van der Waals surface area contributed by atoms with Crippen LogP contribution in [-0.2, 0) is 37.0 Å². The number of hydrogen-bond acceptors (Lipinski definition) is 12. The van der Waals surface area contributed by atoms with Crippen molar-refractivity contribution in [3.8, 4) is 5.00 Å². The fourth-order valence-electron chi connectivity index (χ4n) is 10.0. The van der Waals surface area contributed by atoms with Crippen LogP contribution in [0.1, 0.15) is 130 Å². The van der Waals surface area contributed by atoms with Crippen molar-refractivity contribution < 1.29 is 28.7 Å². The maximum Gasteiger partial charge on any atom is 0.255 e. The lowest BCUT2D eigenvalue weighted by atomic mass is 9.99. The van der Waals surface area contributed by atoms with Crippen molar-refractivity contribution in [3.05, 3.63) is 127 Å². The molecule has 6 heterocycles. The maximum atomic E-state index is 13.8. The van der Waals surface area contributed by atoms with Crippen molar-refractivity contribution in [3.63, 3.8) is 0 Å². The van der Waals surface area contributed by atoms with E-state index in [1.165, 1.54) is 4.88 Å². The van der Waals surface area contributed by atoms with Crippen molar-refractivity contribution in [2.75, 3.05) is 44.7 Å². The number of amides is 5. The predicted octanol–water partition coefficient (Wildman–Crippen LogP) is 7.21. The first-order chi connectivity index (χ1) is 34.4. The summed E-state index contributed by atoms with van der Waals surface area (Å²) < 4.78 is 7.69. The minimum absolute atomic E-state index is 0.0222. The molecule has 5 aromatic rings. The highest BCUT2D eigenvalue weighted by Crippen LogP contribution is 2.40. The van der Waals surface area contributed by atoms with Gasteiger partial charge in [-0.3, -0.25) is 43.7 Å². The molecule has 3 unspecified atom stereocenters. The Labute approximate surface area is 423 Å². The summed E-state index contributed by atoms with van der Waals surface area (Å²) >= 11 is 7.95. The average Bonchev–Trinajstić information content (AvgIpc) is 3.98. The molecule has 5 amide bonds. The Balaban J connectivity index is 0.713. The van der Waals surface area contributed by atoms with E-state index in [0.717, 1.165) is 94.1 Å². The number of benzene rings is 3. The number of aromatic nitrogens is 3. The highest BCUT2D eigenvalue weighted by Gasteiger charge is 2.40. The number of nitrogens with zero attached hydrogens (tertiary/aromatic N) is 6. The van der Waals surface area contributed by atoms with Gasteiger partial charge in [0.05, 0.1) is 25.3 Å². The number of anilines is 1. The molecule has 2 saturated heterocycles. The summed E-state index contributed by atoms with van der Waals surface area (Å²) in [5, 5.41) is 22.8. The van der Waals surface area contributed by atoms with Crippen LogP contribution in [0, 0.1) is 20.8 Å². The molecule has 372 valence electrons. The summed E-state index contributed by atoms with van der Waals surface area (Å²) in [4.78, 5) is 75.0. The number of fused-ring (bicyclic) bond motifs is 4. The molecule has 2 fully saturated rings. The topological polar surface area (TPSA) is 192 Å². The summed E-state index contributed by atoms with van der Waals surface area (Å²) in [6.45, 7) is 10.6. The fourth-order valence-corrected chi connectivity index (χ4v) is 11.3. The second-order valence-corrected chi connectivity index (χ2v) is 20.4. The van der Waals surface area contributed by atoms with Gasteiger partial charge >= 0.3 is 0 Å². The molecule has 4 aliphatic rings. The minimum Gasteiger partial charge on any atom is -0.381 e. The number of aliphatic imine (C=N–C) groups is 1. The maximum absolute atomic E-state index is 13.8. The molecule has 4 N–H and O–H groups in total. The van der Waals surface area contributed by atoms with Crippen LogP contribution < -0.4 is 21.3 Å². The van der Waals surface area contributed by atoms with Gasteiger partial charge in [0, 0.05) is 83.5 Å². The number of piperidine rings is 1. The van der Waals surface area contributed by atoms with Crippen LogP contribution >= 0.6 is 22.9 Å². The molecule has 71 heavy (non-hydrogen) atoms. The lowest BCUT2D eigenvalue weighted by Gasteiger charge is -2.34. The number of hydrogen-bond donors (Lipinski definition) is 4. The highest BCUT2D eigenvalue weighted by atomic mass is 35.5. The molecule has 0 spiro atoms. The van der Waals surface area contributed by atoms with Crippen LogP contribution in [0.5, 0.6) is 0 Å². The summed E-state index contributed by atoms with van der Waals surface area (Å²) in [6, 6.07) is 19.7. The smallest absolute Gasteiger partial charge is 0.255 e. The van der Waals surface area contributed by atoms with Crippen LogP contribution in [0.2, 0.25) is 5.02 Å². The van der Waals surface area contributed by atoms with Gasteiger partial charge < -0.3 is 25.6 Å². The Morgan fingerprint density at radius 2 is 1.61 bits per heavy atom. The Bertz CT molecular complexity index is 2820. The van der Waals surface area contributed by atoms with Crippen molar-refractivity contribution in [1.82, 2.24) is 40.5 Å². The molecule has 16 nitrogen and oxygen atoms in total. The van der Waals surface area contributed by atoms with Crippen molar-refractivity contribution >= 4 is 63.9 Å². The second-order valence-electron chi connectivity index (χ2n) is 18.7. The van der Waals surface area contributed by atoms with E-state index in [1.807, 2.05) is 67.6 Å². The first-order valence-electron chi connectivity index (χ1n) is 24.8. The number of carbonyl (C=O) groups is 5. The van der Waals surface area contributed by atoms with Gasteiger partial charge in [0.2, 0.25) is 23.6 Å². The Hall–Kier alpha value is -6.27. The van der Waals surface area contributed by atoms with Gasteiger partial charge in [-0.1, -0.05) is 79.7 Å². The molecule has 2 aromatic heterocycles. The molecular weight excluding hydrogens is 940 g/mol. The third-order valence-corrected chi connectivity index (χ3v) is 15.4. The number of halogens is 1. The quantitative estimate of drug-likeness (QED) is 0.0486. The average molecular weight is 1000 g/mol. The zero-order valence-electron chi connectivity index (χ0n) is 40.5. The molecule has 0 aliphatic carbocycles. The molecule has 18 heteroatoms. The van der Waals surface area contributed by atoms with Crippen LogP contribution in [0.15, 0.2) is 71.7 Å². The van der Waals surface area contributed by atoms with Gasteiger partial charge in [0.1, 0.15) is 29.0 Å². The van der Waals surface area contributed by atoms with Gasteiger partial charge in [-0.2, -0.15) is 0 Å². The minimum atomic E-state index is -0.673. The number of thiophene rings is 1. The van der Waals surface area contributed by atoms with E-state index in [1.54, 1.807) is 22.3 Å². The number of rotatable bonds is 19.